The highest BCUT2D eigenvalue weighted by atomic mass is 16.4. The highest BCUT2D eigenvalue weighted by Gasteiger charge is 2.52. The van der Waals surface area contributed by atoms with Crippen LogP contribution < -0.4 is 26.6 Å². The SMILES string of the molecule is CC(C)C1(C(C(N)=O)C2CNC(=O)C(NC(=O)Nc3ccccc3C(=O)O)C(=O)N2c2ccccc2)C=CC=CC1. The number of aromatic carboxylic acids is 1. The molecule has 0 radical (unpaired) electrons. The van der Waals surface area contributed by atoms with Crippen LogP contribution in [-0.4, -0.2) is 53.5 Å². The summed E-state index contributed by atoms with van der Waals surface area (Å²) in [4.78, 5) is 66.5. The van der Waals surface area contributed by atoms with Crippen molar-refractivity contribution in [3.63, 3.8) is 0 Å². The molecule has 1 aliphatic heterocycles. The number of urea groups is 1. The molecule has 11 heteroatoms. The van der Waals surface area contributed by atoms with E-state index in [0.717, 1.165) is 0 Å². The fourth-order valence-corrected chi connectivity index (χ4v) is 5.67. The molecule has 0 spiro atoms. The standard InChI is InChI=1S/C30H33N5O6/c1-18(2)30(15-9-4-10-16-30)23(25(31)36)22-17-32-26(37)24(27(38)35(22)19-11-5-3-6-12-19)34-29(41)33-21-14-8-7-13-20(21)28(39)40/h3-15,18,22-24H,16-17H2,1-2H3,(H2,31,36)(H,32,37)(H,39,40)(H2,33,34,41). The van der Waals surface area contributed by atoms with E-state index >= 15 is 0 Å². The van der Waals surface area contributed by atoms with Gasteiger partial charge in [-0.3, -0.25) is 14.4 Å². The van der Waals surface area contributed by atoms with Gasteiger partial charge in [0.2, 0.25) is 5.91 Å². The number of rotatable bonds is 8. The fourth-order valence-electron chi connectivity index (χ4n) is 5.67. The zero-order chi connectivity index (χ0) is 29.7. The Bertz CT molecular complexity index is 1410. The molecule has 41 heavy (non-hydrogen) atoms. The Morgan fingerprint density at radius 3 is 2.34 bits per heavy atom. The van der Waals surface area contributed by atoms with Gasteiger partial charge in [-0.2, -0.15) is 0 Å². The third kappa shape index (κ3) is 5.84. The number of amides is 5. The van der Waals surface area contributed by atoms with Gasteiger partial charge in [0.25, 0.3) is 11.8 Å². The molecule has 2 aliphatic rings. The predicted molar refractivity (Wildman–Crippen MR) is 153 cm³/mol. The van der Waals surface area contributed by atoms with Gasteiger partial charge in [-0.05, 0) is 36.6 Å². The monoisotopic (exact) mass is 559 g/mol. The first-order valence-electron chi connectivity index (χ1n) is 13.3. The van der Waals surface area contributed by atoms with Crippen LogP contribution in [0, 0.1) is 17.3 Å². The Kier molecular flexibility index (Phi) is 8.56. The highest BCUT2D eigenvalue weighted by Crippen LogP contribution is 2.46. The summed E-state index contributed by atoms with van der Waals surface area (Å²) in [5, 5.41) is 16.9. The van der Waals surface area contributed by atoms with Gasteiger partial charge in [0, 0.05) is 17.6 Å². The lowest BCUT2D eigenvalue weighted by Crippen LogP contribution is -2.60. The van der Waals surface area contributed by atoms with Crippen LogP contribution in [0.5, 0.6) is 0 Å². The summed E-state index contributed by atoms with van der Waals surface area (Å²) in [6.45, 7) is 3.86. The molecule has 0 aromatic heterocycles. The summed E-state index contributed by atoms with van der Waals surface area (Å²) < 4.78 is 0. The van der Waals surface area contributed by atoms with Crippen LogP contribution in [-0.2, 0) is 14.4 Å². The molecule has 2 aromatic rings. The number of primary amides is 1. The van der Waals surface area contributed by atoms with Crippen molar-refractivity contribution in [2.45, 2.75) is 32.4 Å². The van der Waals surface area contributed by atoms with E-state index in [1.807, 2.05) is 38.2 Å². The topological polar surface area (TPSA) is 171 Å². The summed E-state index contributed by atoms with van der Waals surface area (Å²) in [6, 6.07) is 10.8. The molecule has 4 atom stereocenters. The van der Waals surface area contributed by atoms with Crippen molar-refractivity contribution in [1.82, 2.24) is 10.6 Å². The molecule has 214 valence electrons. The second-order valence-corrected chi connectivity index (χ2v) is 10.4. The summed E-state index contributed by atoms with van der Waals surface area (Å²) in [5.41, 5.74) is 5.56. The normalized spacial score (nSPS) is 23.0. The fraction of sp³-hybridized carbons (Fsp3) is 0.300. The van der Waals surface area contributed by atoms with Crippen LogP contribution in [0.15, 0.2) is 78.9 Å². The number of nitrogens with zero attached hydrogens (tertiary/aromatic N) is 1. The van der Waals surface area contributed by atoms with Crippen molar-refractivity contribution < 1.29 is 29.1 Å². The van der Waals surface area contributed by atoms with Crippen molar-refractivity contribution in [3.8, 4) is 0 Å². The van der Waals surface area contributed by atoms with E-state index in [-0.39, 0.29) is 23.7 Å². The van der Waals surface area contributed by atoms with E-state index in [1.165, 1.54) is 29.2 Å². The first-order chi connectivity index (χ1) is 19.6. The third-order valence-corrected chi connectivity index (χ3v) is 7.75. The number of carbonyl (C=O) groups is 5. The number of nitrogens with one attached hydrogen (secondary N) is 3. The maximum absolute atomic E-state index is 14.2. The molecular weight excluding hydrogens is 526 g/mol. The van der Waals surface area contributed by atoms with Gasteiger partial charge in [-0.25, -0.2) is 9.59 Å². The third-order valence-electron chi connectivity index (χ3n) is 7.75. The highest BCUT2D eigenvalue weighted by molar-refractivity contribution is 6.15. The van der Waals surface area contributed by atoms with E-state index in [1.54, 1.807) is 30.3 Å². The number of nitrogens with two attached hydrogens (primary N) is 1. The number of benzene rings is 2. The number of carboxylic acid groups (broad SMARTS) is 1. The van der Waals surface area contributed by atoms with Crippen molar-refractivity contribution in [2.24, 2.45) is 23.0 Å². The van der Waals surface area contributed by atoms with Gasteiger partial charge in [-0.15, -0.1) is 0 Å². The number of carboxylic acids is 1. The van der Waals surface area contributed by atoms with Crippen LogP contribution >= 0.6 is 0 Å². The quantitative estimate of drug-likeness (QED) is 0.311. The number of hydrogen-bond acceptors (Lipinski definition) is 5. The Hall–Kier alpha value is -4.93. The molecule has 4 rings (SSSR count). The van der Waals surface area contributed by atoms with Crippen molar-refractivity contribution >= 4 is 41.1 Å². The minimum atomic E-state index is -1.68. The molecule has 1 aliphatic carbocycles. The average Bonchev–Trinajstić information content (AvgIpc) is 3.06. The molecule has 1 fully saturated rings. The summed E-state index contributed by atoms with van der Waals surface area (Å²) in [7, 11) is 0. The zero-order valence-corrected chi connectivity index (χ0v) is 22.7. The number of anilines is 2. The van der Waals surface area contributed by atoms with Gasteiger partial charge in [0.05, 0.1) is 23.2 Å². The lowest BCUT2D eigenvalue weighted by molar-refractivity contribution is -0.129. The van der Waals surface area contributed by atoms with Gasteiger partial charge >= 0.3 is 12.0 Å². The van der Waals surface area contributed by atoms with Crippen LogP contribution in [0.3, 0.4) is 0 Å². The van der Waals surface area contributed by atoms with Gasteiger partial charge in [0.15, 0.2) is 6.04 Å². The molecule has 11 nitrogen and oxygen atoms in total. The summed E-state index contributed by atoms with van der Waals surface area (Å²) in [6.07, 6.45) is 8.13. The lowest BCUT2D eigenvalue weighted by atomic mass is 9.61. The largest absolute Gasteiger partial charge is 0.478 e. The Labute approximate surface area is 237 Å². The Balaban J connectivity index is 1.73. The first kappa shape index (κ1) is 29.1. The molecule has 1 heterocycles. The molecule has 2 aromatic carbocycles. The van der Waals surface area contributed by atoms with E-state index in [9.17, 15) is 29.1 Å². The minimum absolute atomic E-state index is 0.0124. The molecule has 6 N–H and O–H groups in total. The molecule has 5 amide bonds. The van der Waals surface area contributed by atoms with Gasteiger partial charge in [0.1, 0.15) is 0 Å². The van der Waals surface area contributed by atoms with Crippen LogP contribution in [0.25, 0.3) is 0 Å². The van der Waals surface area contributed by atoms with E-state index in [4.69, 9.17) is 5.73 Å². The molecular formula is C30H33N5O6. The first-order valence-corrected chi connectivity index (χ1v) is 13.3. The second kappa shape index (κ2) is 12.1. The maximum atomic E-state index is 14.2. The average molecular weight is 560 g/mol. The smallest absolute Gasteiger partial charge is 0.337 e. The number of hydrogen-bond donors (Lipinski definition) is 5. The van der Waals surface area contributed by atoms with E-state index in [2.05, 4.69) is 16.0 Å². The lowest BCUT2D eigenvalue weighted by Gasteiger charge is -2.47. The molecule has 1 saturated heterocycles. The van der Waals surface area contributed by atoms with Crippen LogP contribution in [0.4, 0.5) is 16.2 Å². The van der Waals surface area contributed by atoms with Crippen LogP contribution in [0.1, 0.15) is 30.6 Å². The predicted octanol–water partition coefficient (Wildman–Crippen LogP) is 2.67. The van der Waals surface area contributed by atoms with Gasteiger partial charge < -0.3 is 31.7 Å². The van der Waals surface area contributed by atoms with E-state index in [0.29, 0.717) is 12.1 Å². The van der Waals surface area contributed by atoms with E-state index < -0.39 is 53.1 Å². The Morgan fingerprint density at radius 1 is 1.05 bits per heavy atom. The van der Waals surface area contributed by atoms with Gasteiger partial charge in [-0.1, -0.05) is 68.5 Å². The Morgan fingerprint density at radius 2 is 1.73 bits per heavy atom. The zero-order valence-electron chi connectivity index (χ0n) is 22.7. The van der Waals surface area contributed by atoms with Crippen molar-refractivity contribution in [2.75, 3.05) is 16.8 Å². The van der Waals surface area contributed by atoms with Crippen molar-refractivity contribution in [1.29, 1.82) is 0 Å². The number of allylic oxidation sites excluding steroid dienone is 4. The molecule has 0 saturated carbocycles. The van der Waals surface area contributed by atoms with Crippen molar-refractivity contribution in [3.05, 3.63) is 84.5 Å². The maximum Gasteiger partial charge on any atom is 0.337 e. The molecule has 0 bridgehead atoms. The summed E-state index contributed by atoms with van der Waals surface area (Å²) >= 11 is 0. The second-order valence-electron chi connectivity index (χ2n) is 10.4. The summed E-state index contributed by atoms with van der Waals surface area (Å²) in [5.74, 6) is -4.38. The number of para-hydroxylation sites is 2. The minimum Gasteiger partial charge on any atom is -0.478 e. The number of carbonyl (C=O) groups excluding carboxylic acids is 4. The molecule has 4 unspecified atom stereocenters. The van der Waals surface area contributed by atoms with Crippen LogP contribution in [0.2, 0.25) is 0 Å².